The molecule has 0 spiro atoms. The summed E-state index contributed by atoms with van der Waals surface area (Å²) >= 11 is 0. The van der Waals surface area contributed by atoms with Crippen molar-refractivity contribution >= 4 is 11.0 Å². The van der Waals surface area contributed by atoms with Crippen LogP contribution in [0.5, 0.6) is 11.5 Å². The van der Waals surface area contributed by atoms with Crippen molar-refractivity contribution in [2.45, 2.75) is 0 Å². The molecule has 2 N–H and O–H groups in total. The average Bonchev–Trinajstić information content (AvgIpc) is 2.97. The van der Waals surface area contributed by atoms with Crippen LogP contribution < -0.4 is 0 Å². The van der Waals surface area contributed by atoms with Gasteiger partial charge in [-0.2, -0.15) is 0 Å². The summed E-state index contributed by atoms with van der Waals surface area (Å²) in [5.74, 6) is 0.755. The Bertz CT molecular complexity index is 991. The summed E-state index contributed by atoms with van der Waals surface area (Å²) in [7, 11) is 0. The molecule has 4 nitrogen and oxygen atoms in total. The molecule has 23 heavy (non-hydrogen) atoms. The molecule has 3 aromatic carbocycles. The number of nitrogens with zero attached hydrogens (tertiary/aromatic N) is 2. The van der Waals surface area contributed by atoms with E-state index in [2.05, 4.69) is 4.98 Å². The Morgan fingerprint density at radius 3 is 2.35 bits per heavy atom. The SMILES string of the molecule is Oc1ccc(O)c(-c2nc3ccccc3n2-c2ccccc2)c1. The van der Waals surface area contributed by atoms with E-state index in [1.807, 2.05) is 59.2 Å². The van der Waals surface area contributed by atoms with E-state index in [9.17, 15) is 10.2 Å². The van der Waals surface area contributed by atoms with Crippen molar-refractivity contribution < 1.29 is 10.2 Å². The van der Waals surface area contributed by atoms with E-state index in [1.54, 1.807) is 0 Å². The number of imidazole rings is 1. The van der Waals surface area contributed by atoms with Crippen molar-refractivity contribution in [2.24, 2.45) is 0 Å². The molecule has 0 aliphatic rings. The van der Waals surface area contributed by atoms with Gasteiger partial charge in [0.2, 0.25) is 0 Å². The molecular formula is C19H14N2O2. The van der Waals surface area contributed by atoms with Gasteiger partial charge >= 0.3 is 0 Å². The quantitative estimate of drug-likeness (QED) is 0.548. The van der Waals surface area contributed by atoms with Gasteiger partial charge in [0.15, 0.2) is 0 Å². The van der Waals surface area contributed by atoms with E-state index in [0.717, 1.165) is 16.7 Å². The maximum Gasteiger partial charge on any atom is 0.149 e. The summed E-state index contributed by atoms with van der Waals surface area (Å²) in [6.07, 6.45) is 0. The van der Waals surface area contributed by atoms with Crippen molar-refractivity contribution in [1.82, 2.24) is 9.55 Å². The third-order valence-corrected chi connectivity index (χ3v) is 3.80. The van der Waals surface area contributed by atoms with E-state index in [0.29, 0.717) is 11.4 Å². The molecule has 1 heterocycles. The third-order valence-electron chi connectivity index (χ3n) is 3.80. The van der Waals surface area contributed by atoms with Gasteiger partial charge in [-0.05, 0) is 42.5 Å². The number of para-hydroxylation sites is 3. The number of fused-ring (bicyclic) bond motifs is 1. The lowest BCUT2D eigenvalue weighted by atomic mass is 10.1. The standard InChI is InChI=1S/C19H14N2O2/c22-14-10-11-18(23)15(12-14)19-20-16-8-4-5-9-17(16)21(19)13-6-2-1-3-7-13/h1-12,22-23H. The highest BCUT2D eigenvalue weighted by Gasteiger charge is 2.17. The lowest BCUT2D eigenvalue weighted by molar-refractivity contribution is 0.461. The highest BCUT2D eigenvalue weighted by atomic mass is 16.3. The Kier molecular flexibility index (Phi) is 3.01. The van der Waals surface area contributed by atoms with Gasteiger partial charge in [0, 0.05) is 5.69 Å². The first-order valence-corrected chi connectivity index (χ1v) is 7.29. The summed E-state index contributed by atoms with van der Waals surface area (Å²) < 4.78 is 1.98. The van der Waals surface area contributed by atoms with Crippen LogP contribution in [0.25, 0.3) is 28.1 Å². The van der Waals surface area contributed by atoms with E-state index >= 15 is 0 Å². The van der Waals surface area contributed by atoms with Crippen LogP contribution in [0, 0.1) is 0 Å². The summed E-state index contributed by atoms with van der Waals surface area (Å²) in [4.78, 5) is 4.65. The van der Waals surface area contributed by atoms with E-state index in [1.165, 1.54) is 18.2 Å². The summed E-state index contributed by atoms with van der Waals surface area (Å²) in [5.41, 5.74) is 3.20. The van der Waals surface area contributed by atoms with Crippen molar-refractivity contribution in [1.29, 1.82) is 0 Å². The number of rotatable bonds is 2. The van der Waals surface area contributed by atoms with Crippen LogP contribution in [0.4, 0.5) is 0 Å². The maximum absolute atomic E-state index is 10.2. The summed E-state index contributed by atoms with van der Waals surface area (Å²) in [6.45, 7) is 0. The van der Waals surface area contributed by atoms with Crippen LogP contribution in [-0.4, -0.2) is 19.8 Å². The second-order valence-corrected chi connectivity index (χ2v) is 5.30. The molecule has 0 aliphatic heterocycles. The van der Waals surface area contributed by atoms with Gasteiger partial charge in [-0.1, -0.05) is 30.3 Å². The number of aromatic nitrogens is 2. The minimum absolute atomic E-state index is 0.0790. The minimum atomic E-state index is 0.0790. The van der Waals surface area contributed by atoms with Crippen LogP contribution in [-0.2, 0) is 0 Å². The number of phenols is 2. The first-order chi connectivity index (χ1) is 11.2. The van der Waals surface area contributed by atoms with Gasteiger partial charge in [-0.25, -0.2) is 4.98 Å². The predicted molar refractivity (Wildman–Crippen MR) is 89.8 cm³/mol. The van der Waals surface area contributed by atoms with Gasteiger partial charge in [0.1, 0.15) is 17.3 Å². The zero-order valence-corrected chi connectivity index (χ0v) is 12.2. The lowest BCUT2D eigenvalue weighted by Gasteiger charge is -2.10. The van der Waals surface area contributed by atoms with E-state index in [-0.39, 0.29) is 11.5 Å². The van der Waals surface area contributed by atoms with Crippen LogP contribution >= 0.6 is 0 Å². The molecule has 4 heteroatoms. The molecule has 0 bridgehead atoms. The predicted octanol–water partition coefficient (Wildman–Crippen LogP) is 4.10. The first-order valence-electron chi connectivity index (χ1n) is 7.29. The van der Waals surface area contributed by atoms with Crippen molar-refractivity contribution in [2.75, 3.05) is 0 Å². The van der Waals surface area contributed by atoms with Crippen LogP contribution in [0.15, 0.2) is 72.8 Å². The first kappa shape index (κ1) is 13.4. The molecular weight excluding hydrogens is 288 g/mol. The number of aromatic hydroxyl groups is 2. The topological polar surface area (TPSA) is 58.3 Å². The Morgan fingerprint density at radius 2 is 1.52 bits per heavy atom. The molecule has 112 valence electrons. The molecule has 4 aromatic rings. The molecule has 0 amide bonds. The average molecular weight is 302 g/mol. The van der Waals surface area contributed by atoms with Gasteiger partial charge in [-0.3, -0.25) is 4.57 Å². The second kappa shape index (κ2) is 5.18. The Hall–Kier alpha value is -3.27. The Morgan fingerprint density at radius 1 is 0.783 bits per heavy atom. The molecule has 0 atom stereocenters. The normalized spacial score (nSPS) is 11.0. The lowest BCUT2D eigenvalue weighted by Crippen LogP contribution is -1.97. The van der Waals surface area contributed by atoms with Crippen LogP contribution in [0.2, 0.25) is 0 Å². The molecule has 1 aromatic heterocycles. The molecule has 0 unspecified atom stereocenters. The van der Waals surface area contributed by atoms with E-state index in [4.69, 9.17) is 0 Å². The second-order valence-electron chi connectivity index (χ2n) is 5.30. The number of hydrogen-bond donors (Lipinski definition) is 2. The molecule has 0 saturated carbocycles. The molecule has 0 aliphatic carbocycles. The Balaban J connectivity index is 2.09. The zero-order chi connectivity index (χ0) is 15.8. The van der Waals surface area contributed by atoms with Gasteiger partial charge < -0.3 is 10.2 Å². The zero-order valence-electron chi connectivity index (χ0n) is 12.2. The van der Waals surface area contributed by atoms with Gasteiger partial charge in [0.05, 0.1) is 16.6 Å². The molecule has 0 saturated heterocycles. The summed E-state index contributed by atoms with van der Waals surface area (Å²) in [6, 6.07) is 22.1. The Labute approximate surface area is 132 Å². The fourth-order valence-corrected chi connectivity index (χ4v) is 2.75. The van der Waals surface area contributed by atoms with Crippen molar-refractivity contribution in [3.05, 3.63) is 72.8 Å². The van der Waals surface area contributed by atoms with E-state index < -0.39 is 0 Å². The number of hydrogen-bond acceptors (Lipinski definition) is 3. The van der Waals surface area contributed by atoms with Crippen LogP contribution in [0.3, 0.4) is 0 Å². The smallest absolute Gasteiger partial charge is 0.149 e. The monoisotopic (exact) mass is 302 g/mol. The fourth-order valence-electron chi connectivity index (χ4n) is 2.75. The molecule has 0 fully saturated rings. The number of phenolic OH excluding ortho intramolecular Hbond substituents is 2. The molecule has 4 rings (SSSR count). The van der Waals surface area contributed by atoms with Crippen molar-refractivity contribution in [3.8, 4) is 28.6 Å². The fraction of sp³-hybridized carbons (Fsp3) is 0. The summed E-state index contributed by atoms with van der Waals surface area (Å²) in [5, 5.41) is 20.0. The van der Waals surface area contributed by atoms with Crippen LogP contribution in [0.1, 0.15) is 0 Å². The van der Waals surface area contributed by atoms with Crippen molar-refractivity contribution in [3.63, 3.8) is 0 Å². The van der Waals surface area contributed by atoms with Gasteiger partial charge in [0.25, 0.3) is 0 Å². The molecule has 0 radical (unpaired) electrons. The minimum Gasteiger partial charge on any atom is -0.508 e. The largest absolute Gasteiger partial charge is 0.508 e. The highest BCUT2D eigenvalue weighted by molar-refractivity contribution is 5.84. The maximum atomic E-state index is 10.2. The van der Waals surface area contributed by atoms with Gasteiger partial charge in [-0.15, -0.1) is 0 Å². The highest BCUT2D eigenvalue weighted by Crippen LogP contribution is 2.35. The number of benzene rings is 3. The third kappa shape index (κ3) is 2.21.